The zero-order chi connectivity index (χ0) is 11.8. The number of hydrogen-bond acceptors (Lipinski definition) is 5. The first-order valence-corrected chi connectivity index (χ1v) is 5.32. The zero-order valence-electron chi connectivity index (χ0n) is 8.88. The van der Waals surface area contributed by atoms with Gasteiger partial charge in [0.05, 0.1) is 10.7 Å². The Morgan fingerprint density at radius 3 is 2.65 bits per heavy atom. The van der Waals surface area contributed by atoms with E-state index in [0.717, 1.165) is 16.8 Å². The minimum Gasteiger partial charge on any atom is -0.259 e. The van der Waals surface area contributed by atoms with Crippen LogP contribution in [0.25, 0.3) is 22.3 Å². The molecule has 0 aliphatic carbocycles. The van der Waals surface area contributed by atoms with E-state index in [-0.39, 0.29) is 0 Å². The van der Waals surface area contributed by atoms with Gasteiger partial charge in [0, 0.05) is 23.5 Å². The van der Waals surface area contributed by atoms with E-state index in [4.69, 9.17) is 11.6 Å². The molecular weight excluding hydrogens is 240 g/mol. The summed E-state index contributed by atoms with van der Waals surface area (Å²) in [5, 5.41) is 8.01. The lowest BCUT2D eigenvalue weighted by Crippen LogP contribution is -1.86. The third kappa shape index (κ3) is 1.74. The highest BCUT2D eigenvalue weighted by molar-refractivity contribution is 6.31. The van der Waals surface area contributed by atoms with Crippen LogP contribution in [0.5, 0.6) is 0 Å². The molecule has 3 rings (SSSR count). The van der Waals surface area contributed by atoms with Crippen molar-refractivity contribution in [2.45, 2.75) is 6.92 Å². The van der Waals surface area contributed by atoms with Gasteiger partial charge in [-0.3, -0.25) is 4.98 Å². The van der Waals surface area contributed by atoms with E-state index < -0.39 is 0 Å². The van der Waals surface area contributed by atoms with E-state index in [9.17, 15) is 0 Å². The van der Waals surface area contributed by atoms with Crippen LogP contribution >= 0.6 is 11.6 Å². The Hall–Kier alpha value is -2.01. The fourth-order valence-corrected chi connectivity index (χ4v) is 1.67. The van der Waals surface area contributed by atoms with Crippen molar-refractivity contribution in [3.05, 3.63) is 35.2 Å². The van der Waals surface area contributed by atoms with Crippen molar-refractivity contribution in [3.8, 4) is 11.1 Å². The van der Waals surface area contributed by atoms with Crippen LogP contribution in [0, 0.1) is 6.92 Å². The van der Waals surface area contributed by atoms with Gasteiger partial charge in [-0.2, -0.15) is 0 Å². The second-order valence-corrected chi connectivity index (χ2v) is 4.03. The Labute approximate surface area is 101 Å². The minimum absolute atomic E-state index is 0.486. The molecule has 0 aromatic carbocycles. The van der Waals surface area contributed by atoms with Gasteiger partial charge in [-0.1, -0.05) is 11.6 Å². The van der Waals surface area contributed by atoms with Crippen LogP contribution in [0.2, 0.25) is 5.02 Å². The largest absolute Gasteiger partial charge is 0.259 e. The van der Waals surface area contributed by atoms with Crippen molar-refractivity contribution in [2.75, 3.05) is 0 Å². The topological polar surface area (TPSA) is 64.7 Å². The second kappa shape index (κ2) is 3.78. The molecule has 0 saturated heterocycles. The predicted octanol–water partition coefficient (Wildman–Crippen LogP) is 2.64. The quantitative estimate of drug-likeness (QED) is 0.660. The van der Waals surface area contributed by atoms with E-state index in [1.807, 2.05) is 19.1 Å². The van der Waals surface area contributed by atoms with Crippen LogP contribution in [-0.2, 0) is 0 Å². The number of aromatic nitrogens is 4. The molecule has 0 aliphatic heterocycles. The smallest absolute Gasteiger partial charge is 0.224 e. The molecule has 3 heterocycles. The molecule has 0 N–H and O–H groups in total. The Balaban J connectivity index is 2.16. The molecule has 17 heavy (non-hydrogen) atoms. The molecular formula is C11H7ClN4O. The summed E-state index contributed by atoms with van der Waals surface area (Å²) < 4.78 is 4.59. The van der Waals surface area contributed by atoms with Crippen LogP contribution in [0.15, 0.2) is 29.2 Å². The molecule has 0 saturated carbocycles. The zero-order valence-corrected chi connectivity index (χ0v) is 9.64. The molecule has 0 atom stereocenters. The SMILES string of the molecule is Cc1ncc(-c2cnc3nonc3c2)cc1Cl. The van der Waals surface area contributed by atoms with Crippen LogP contribution in [0.4, 0.5) is 0 Å². The van der Waals surface area contributed by atoms with Crippen molar-refractivity contribution < 1.29 is 4.63 Å². The molecule has 0 radical (unpaired) electrons. The maximum atomic E-state index is 6.03. The van der Waals surface area contributed by atoms with Crippen LogP contribution in [0.3, 0.4) is 0 Å². The molecule has 0 aliphatic rings. The lowest BCUT2D eigenvalue weighted by Gasteiger charge is -2.02. The fraction of sp³-hybridized carbons (Fsp3) is 0.0909. The van der Waals surface area contributed by atoms with Gasteiger partial charge in [0.15, 0.2) is 5.52 Å². The summed E-state index contributed by atoms with van der Waals surface area (Å²) in [4.78, 5) is 8.33. The highest BCUT2D eigenvalue weighted by Crippen LogP contribution is 2.24. The second-order valence-electron chi connectivity index (χ2n) is 3.62. The number of pyridine rings is 2. The molecule has 0 unspecified atom stereocenters. The average molecular weight is 247 g/mol. The van der Waals surface area contributed by atoms with E-state index in [1.54, 1.807) is 12.4 Å². The first-order chi connectivity index (χ1) is 8.24. The maximum Gasteiger partial charge on any atom is 0.224 e. The van der Waals surface area contributed by atoms with E-state index in [0.29, 0.717) is 16.2 Å². The summed E-state index contributed by atoms with van der Waals surface area (Å²) >= 11 is 6.03. The van der Waals surface area contributed by atoms with E-state index in [1.165, 1.54) is 0 Å². The molecule has 0 bridgehead atoms. The first kappa shape index (κ1) is 10.2. The standard InChI is InChI=1S/C11H7ClN4O/c1-6-9(12)2-7(4-13-6)8-3-10-11(14-5-8)16-17-15-10/h2-5H,1H3. The average Bonchev–Trinajstić information content (AvgIpc) is 2.79. The highest BCUT2D eigenvalue weighted by Gasteiger charge is 2.06. The van der Waals surface area contributed by atoms with Gasteiger partial charge in [0.25, 0.3) is 0 Å². The predicted molar refractivity (Wildman–Crippen MR) is 62.6 cm³/mol. The Kier molecular flexibility index (Phi) is 2.26. The lowest BCUT2D eigenvalue weighted by atomic mass is 10.1. The number of hydrogen-bond donors (Lipinski definition) is 0. The third-order valence-corrected chi connectivity index (χ3v) is 2.85. The summed E-state index contributed by atoms with van der Waals surface area (Å²) in [7, 11) is 0. The van der Waals surface area contributed by atoms with Crippen LogP contribution in [-0.4, -0.2) is 20.3 Å². The van der Waals surface area contributed by atoms with E-state index in [2.05, 4.69) is 24.9 Å². The minimum atomic E-state index is 0.486. The summed E-state index contributed by atoms with van der Waals surface area (Å²) in [6.45, 7) is 1.86. The Morgan fingerprint density at radius 1 is 1.06 bits per heavy atom. The van der Waals surface area contributed by atoms with Crippen molar-refractivity contribution in [2.24, 2.45) is 0 Å². The molecule has 3 aromatic rings. The summed E-state index contributed by atoms with van der Waals surface area (Å²) in [5.74, 6) is 0. The van der Waals surface area contributed by atoms with Crippen molar-refractivity contribution in [1.82, 2.24) is 20.3 Å². The summed E-state index contributed by atoms with van der Waals surface area (Å²) in [6.07, 6.45) is 3.44. The number of rotatable bonds is 1. The lowest BCUT2D eigenvalue weighted by molar-refractivity contribution is 0.315. The van der Waals surface area contributed by atoms with Gasteiger partial charge in [-0.25, -0.2) is 9.61 Å². The monoisotopic (exact) mass is 246 g/mol. The summed E-state index contributed by atoms with van der Waals surface area (Å²) in [6, 6.07) is 3.68. The van der Waals surface area contributed by atoms with Crippen molar-refractivity contribution in [3.63, 3.8) is 0 Å². The maximum absolute atomic E-state index is 6.03. The molecule has 0 spiro atoms. The number of fused-ring (bicyclic) bond motifs is 1. The molecule has 0 fully saturated rings. The normalized spacial score (nSPS) is 10.9. The van der Waals surface area contributed by atoms with Crippen molar-refractivity contribution in [1.29, 1.82) is 0 Å². The van der Waals surface area contributed by atoms with E-state index >= 15 is 0 Å². The van der Waals surface area contributed by atoms with Gasteiger partial charge in [-0.05, 0) is 29.4 Å². The molecule has 5 nitrogen and oxygen atoms in total. The molecule has 84 valence electrons. The van der Waals surface area contributed by atoms with Gasteiger partial charge >= 0.3 is 0 Å². The van der Waals surface area contributed by atoms with Gasteiger partial charge < -0.3 is 0 Å². The van der Waals surface area contributed by atoms with Crippen LogP contribution < -0.4 is 0 Å². The first-order valence-electron chi connectivity index (χ1n) is 4.95. The summed E-state index contributed by atoms with van der Waals surface area (Å²) in [5.41, 5.74) is 3.66. The van der Waals surface area contributed by atoms with Gasteiger partial charge in [0.2, 0.25) is 5.65 Å². The fourth-order valence-electron chi connectivity index (χ4n) is 1.51. The van der Waals surface area contributed by atoms with Crippen LogP contribution in [0.1, 0.15) is 5.69 Å². The Morgan fingerprint density at radius 2 is 1.82 bits per heavy atom. The highest BCUT2D eigenvalue weighted by atomic mass is 35.5. The number of nitrogens with zero attached hydrogens (tertiary/aromatic N) is 4. The number of aryl methyl sites for hydroxylation is 1. The molecule has 6 heteroatoms. The molecule has 0 amide bonds. The Bertz CT molecular complexity index is 695. The number of halogens is 1. The van der Waals surface area contributed by atoms with Crippen molar-refractivity contribution >= 4 is 22.8 Å². The molecule has 3 aromatic heterocycles. The van der Waals surface area contributed by atoms with Gasteiger partial charge in [-0.15, -0.1) is 0 Å². The van der Waals surface area contributed by atoms with Gasteiger partial charge in [0.1, 0.15) is 0 Å². The third-order valence-electron chi connectivity index (χ3n) is 2.47.